The highest BCUT2D eigenvalue weighted by Gasteiger charge is 2.36. The molecule has 1 aromatic heterocycles. The summed E-state index contributed by atoms with van der Waals surface area (Å²) in [5, 5.41) is 1.06. The largest absolute Gasteiger partial charge is 0.368 e. The third-order valence-corrected chi connectivity index (χ3v) is 5.92. The van der Waals surface area contributed by atoms with Gasteiger partial charge in [0.05, 0.1) is 6.04 Å². The molecule has 1 heterocycles. The number of fused-ring (bicyclic) bond motifs is 1. The van der Waals surface area contributed by atoms with Gasteiger partial charge in [-0.25, -0.2) is 4.90 Å². The summed E-state index contributed by atoms with van der Waals surface area (Å²) in [5.74, 6) is -2.13. The average Bonchev–Trinajstić information content (AvgIpc) is 3.24. The summed E-state index contributed by atoms with van der Waals surface area (Å²) >= 11 is 0. The lowest BCUT2D eigenvalue weighted by molar-refractivity contribution is -0.156. The van der Waals surface area contributed by atoms with E-state index in [0.29, 0.717) is 11.3 Å². The van der Waals surface area contributed by atoms with Gasteiger partial charge >= 0.3 is 0 Å². The number of nitrogens with two attached hydrogens (primary N) is 1. The van der Waals surface area contributed by atoms with Crippen molar-refractivity contribution in [2.75, 3.05) is 7.05 Å². The number of hydrogen-bond donors (Lipinski definition) is 2. The van der Waals surface area contributed by atoms with Crippen molar-refractivity contribution in [1.82, 2.24) is 14.8 Å². The Labute approximate surface area is 200 Å². The van der Waals surface area contributed by atoms with Crippen LogP contribution in [0.1, 0.15) is 31.9 Å². The molecule has 7 heteroatoms. The molecule has 0 radical (unpaired) electrons. The van der Waals surface area contributed by atoms with Crippen LogP contribution in [0.4, 0.5) is 0 Å². The number of carbonyl (C=O) groups is 3. The maximum atomic E-state index is 13.6. The van der Waals surface area contributed by atoms with Gasteiger partial charge in [0, 0.05) is 49.3 Å². The zero-order chi connectivity index (χ0) is 24.8. The molecule has 3 N–H and O–H groups in total. The van der Waals surface area contributed by atoms with Crippen LogP contribution in [0.3, 0.4) is 0 Å². The maximum absolute atomic E-state index is 13.6. The Morgan fingerprint density at radius 3 is 2.29 bits per heavy atom. The predicted octanol–water partition coefficient (Wildman–Crippen LogP) is 3.57. The number of para-hydroxylation sites is 1. The van der Waals surface area contributed by atoms with Crippen LogP contribution in [-0.2, 0) is 20.8 Å². The fourth-order valence-electron chi connectivity index (χ4n) is 3.78. The molecule has 2 aromatic carbocycles. The molecular formula is C27H32N4O3. The molecule has 0 bridgehead atoms. The van der Waals surface area contributed by atoms with Crippen LogP contribution in [0.15, 0.2) is 67.0 Å². The molecule has 0 aliphatic heterocycles. The van der Waals surface area contributed by atoms with E-state index in [9.17, 15) is 14.4 Å². The molecule has 0 spiro atoms. The third kappa shape index (κ3) is 5.61. The van der Waals surface area contributed by atoms with Crippen molar-refractivity contribution in [2.24, 2.45) is 11.7 Å². The van der Waals surface area contributed by atoms with E-state index >= 15 is 0 Å². The Kier molecular flexibility index (Phi) is 8.02. The van der Waals surface area contributed by atoms with Crippen molar-refractivity contribution in [3.05, 3.63) is 78.1 Å². The van der Waals surface area contributed by atoms with Crippen molar-refractivity contribution in [1.29, 1.82) is 0 Å². The molecular weight excluding hydrogens is 428 g/mol. The van der Waals surface area contributed by atoms with Crippen molar-refractivity contribution < 1.29 is 14.4 Å². The van der Waals surface area contributed by atoms with Gasteiger partial charge in [-0.1, -0.05) is 62.4 Å². The molecule has 3 amide bonds. The number of aromatic nitrogens is 1. The van der Waals surface area contributed by atoms with Gasteiger partial charge in [0.2, 0.25) is 5.91 Å². The van der Waals surface area contributed by atoms with Crippen LogP contribution in [0.25, 0.3) is 17.0 Å². The van der Waals surface area contributed by atoms with Crippen molar-refractivity contribution in [3.8, 4) is 0 Å². The van der Waals surface area contributed by atoms with Gasteiger partial charge < -0.3 is 15.6 Å². The standard InChI is InChI=1S/C27H32N4O3/c1-18(2)25(28)27(34)31(19(3)32)26(33)24(16-20-10-6-5-7-11-20)30(4)15-14-21-17-29-23-13-9-8-12-22(21)23/h5-15,17-18,24-25,29H,16,28H2,1-4H3/t24-,25-/m0/s1. The summed E-state index contributed by atoms with van der Waals surface area (Å²) in [7, 11) is 1.77. The van der Waals surface area contributed by atoms with E-state index in [1.807, 2.05) is 66.9 Å². The van der Waals surface area contributed by atoms with Gasteiger partial charge in [-0.2, -0.15) is 0 Å². The van der Waals surface area contributed by atoms with Crippen LogP contribution in [0, 0.1) is 5.92 Å². The molecule has 7 nitrogen and oxygen atoms in total. The summed E-state index contributed by atoms with van der Waals surface area (Å²) in [5.41, 5.74) is 8.91. The third-order valence-electron chi connectivity index (χ3n) is 5.92. The number of hydrogen-bond acceptors (Lipinski definition) is 5. The van der Waals surface area contributed by atoms with E-state index in [1.165, 1.54) is 6.92 Å². The Morgan fingerprint density at radius 1 is 1.00 bits per heavy atom. The second kappa shape index (κ2) is 10.9. The Balaban J connectivity index is 1.94. The first-order valence-electron chi connectivity index (χ1n) is 11.3. The number of nitrogens with one attached hydrogen (secondary N) is 1. The lowest BCUT2D eigenvalue weighted by Crippen LogP contribution is -2.56. The van der Waals surface area contributed by atoms with E-state index in [2.05, 4.69) is 4.98 Å². The molecule has 34 heavy (non-hydrogen) atoms. The summed E-state index contributed by atoms with van der Waals surface area (Å²) in [4.78, 5) is 44.7. The van der Waals surface area contributed by atoms with Gasteiger partial charge in [-0.15, -0.1) is 0 Å². The van der Waals surface area contributed by atoms with E-state index < -0.39 is 29.8 Å². The van der Waals surface area contributed by atoms with Gasteiger partial charge in [-0.3, -0.25) is 14.4 Å². The molecule has 2 atom stereocenters. The lowest BCUT2D eigenvalue weighted by Gasteiger charge is -2.31. The number of carbonyl (C=O) groups excluding carboxylic acids is 3. The number of imide groups is 3. The number of aromatic amines is 1. The predicted molar refractivity (Wildman–Crippen MR) is 134 cm³/mol. The van der Waals surface area contributed by atoms with Crippen LogP contribution in [0.2, 0.25) is 0 Å². The molecule has 0 unspecified atom stereocenters. The van der Waals surface area contributed by atoms with Crippen LogP contribution in [0.5, 0.6) is 0 Å². The van der Waals surface area contributed by atoms with Gasteiger partial charge in [-0.05, 0) is 23.6 Å². The SMILES string of the molecule is CC(=O)N(C(=O)[C@@H](N)C(C)C)C(=O)[C@H](Cc1ccccc1)N(C)C=Cc1c[nH]c2ccccc12. The number of nitrogens with zero attached hydrogens (tertiary/aromatic N) is 2. The molecule has 0 aliphatic carbocycles. The maximum Gasteiger partial charge on any atom is 0.259 e. The second-order valence-corrected chi connectivity index (χ2v) is 8.78. The zero-order valence-corrected chi connectivity index (χ0v) is 20.1. The summed E-state index contributed by atoms with van der Waals surface area (Å²) < 4.78 is 0. The van der Waals surface area contributed by atoms with E-state index in [-0.39, 0.29) is 5.92 Å². The highest BCUT2D eigenvalue weighted by molar-refractivity contribution is 6.13. The smallest absolute Gasteiger partial charge is 0.259 e. The number of rotatable bonds is 8. The molecule has 178 valence electrons. The molecule has 0 fully saturated rings. The fourth-order valence-corrected chi connectivity index (χ4v) is 3.78. The summed E-state index contributed by atoms with van der Waals surface area (Å²) in [6.07, 6.45) is 5.93. The normalized spacial score (nSPS) is 13.2. The average molecular weight is 461 g/mol. The number of benzene rings is 2. The van der Waals surface area contributed by atoms with E-state index in [4.69, 9.17) is 5.73 Å². The highest BCUT2D eigenvalue weighted by Crippen LogP contribution is 2.20. The Hall–Kier alpha value is -3.71. The fraction of sp³-hybridized carbons (Fsp3) is 0.296. The minimum atomic E-state index is -0.947. The van der Waals surface area contributed by atoms with E-state index in [1.54, 1.807) is 32.0 Å². The van der Waals surface area contributed by atoms with E-state index in [0.717, 1.165) is 22.0 Å². The minimum absolute atomic E-state index is 0.214. The number of amides is 3. The van der Waals surface area contributed by atoms with Crippen LogP contribution in [-0.4, -0.2) is 51.6 Å². The zero-order valence-electron chi connectivity index (χ0n) is 20.1. The molecule has 0 saturated carbocycles. The van der Waals surface area contributed by atoms with Gasteiger partial charge in [0.25, 0.3) is 11.8 Å². The lowest BCUT2D eigenvalue weighted by atomic mass is 10.0. The van der Waals surface area contributed by atoms with Crippen molar-refractivity contribution in [3.63, 3.8) is 0 Å². The summed E-state index contributed by atoms with van der Waals surface area (Å²) in [6.45, 7) is 4.77. The molecule has 3 rings (SSSR count). The monoisotopic (exact) mass is 460 g/mol. The number of likely N-dealkylation sites (N-methyl/N-ethyl adjacent to an activating group) is 1. The van der Waals surface area contributed by atoms with Crippen LogP contribution >= 0.6 is 0 Å². The topological polar surface area (TPSA) is 99.5 Å². The Bertz CT molecular complexity index is 1180. The van der Waals surface area contributed by atoms with Crippen LogP contribution < -0.4 is 5.73 Å². The summed E-state index contributed by atoms with van der Waals surface area (Å²) in [6, 6.07) is 15.7. The van der Waals surface area contributed by atoms with Crippen molar-refractivity contribution in [2.45, 2.75) is 39.3 Å². The first-order valence-corrected chi connectivity index (χ1v) is 11.3. The minimum Gasteiger partial charge on any atom is -0.368 e. The molecule has 0 aliphatic rings. The van der Waals surface area contributed by atoms with Gasteiger partial charge in [0.15, 0.2) is 0 Å². The highest BCUT2D eigenvalue weighted by atomic mass is 16.2. The van der Waals surface area contributed by atoms with Gasteiger partial charge in [0.1, 0.15) is 6.04 Å². The second-order valence-electron chi connectivity index (χ2n) is 8.78. The molecule has 3 aromatic rings. The van der Waals surface area contributed by atoms with Crippen molar-refractivity contribution >= 4 is 34.7 Å². The first-order chi connectivity index (χ1) is 16.2. The Morgan fingerprint density at radius 2 is 1.65 bits per heavy atom. The molecule has 0 saturated heterocycles. The first kappa shape index (κ1) is 24.9. The number of H-pyrrole nitrogens is 1. The quantitative estimate of drug-likeness (QED) is 0.535.